The van der Waals surface area contributed by atoms with E-state index in [1.165, 1.54) is 27.8 Å². The molecule has 126 valence electrons. The van der Waals surface area contributed by atoms with Gasteiger partial charge in [-0.05, 0) is 46.0 Å². The summed E-state index contributed by atoms with van der Waals surface area (Å²) in [5.41, 5.74) is 6.02. The van der Waals surface area contributed by atoms with Gasteiger partial charge in [0.15, 0.2) is 0 Å². The van der Waals surface area contributed by atoms with Crippen LogP contribution in [0.25, 0.3) is 22.3 Å². The SMILES string of the molecule is c1ccc(-c2ccc(OCc3cccc(-c4ccccc4)c3)cc2)cc1. The quantitative estimate of drug-likeness (QED) is 0.399. The molecule has 0 atom stereocenters. The highest BCUT2D eigenvalue weighted by Gasteiger charge is 2.01. The molecule has 4 rings (SSSR count). The van der Waals surface area contributed by atoms with Crippen LogP contribution in [0.1, 0.15) is 5.56 Å². The van der Waals surface area contributed by atoms with Crippen LogP contribution < -0.4 is 4.74 Å². The van der Waals surface area contributed by atoms with E-state index in [1.807, 2.05) is 24.3 Å². The van der Waals surface area contributed by atoms with Gasteiger partial charge in [0.2, 0.25) is 0 Å². The van der Waals surface area contributed by atoms with Gasteiger partial charge in [0, 0.05) is 0 Å². The van der Waals surface area contributed by atoms with Gasteiger partial charge in [0.25, 0.3) is 0 Å². The molecule has 0 aromatic heterocycles. The normalized spacial score (nSPS) is 10.5. The second kappa shape index (κ2) is 7.71. The third-order valence-electron chi connectivity index (χ3n) is 4.40. The van der Waals surface area contributed by atoms with Crippen molar-refractivity contribution in [1.29, 1.82) is 0 Å². The molecule has 0 aliphatic heterocycles. The van der Waals surface area contributed by atoms with Crippen LogP contribution in [-0.2, 0) is 6.61 Å². The van der Waals surface area contributed by atoms with Crippen LogP contribution in [0.5, 0.6) is 5.75 Å². The first-order valence-corrected chi connectivity index (χ1v) is 8.81. The Morgan fingerprint density at radius 1 is 0.462 bits per heavy atom. The van der Waals surface area contributed by atoms with Gasteiger partial charge in [0.05, 0.1) is 0 Å². The van der Waals surface area contributed by atoms with E-state index in [0.717, 1.165) is 5.75 Å². The van der Waals surface area contributed by atoms with E-state index < -0.39 is 0 Å². The summed E-state index contributed by atoms with van der Waals surface area (Å²) in [6.07, 6.45) is 0. The van der Waals surface area contributed by atoms with Gasteiger partial charge in [-0.15, -0.1) is 0 Å². The molecule has 0 bridgehead atoms. The molecule has 0 N–H and O–H groups in total. The Bertz CT molecular complexity index is 958. The van der Waals surface area contributed by atoms with Crippen LogP contribution in [0.2, 0.25) is 0 Å². The summed E-state index contributed by atoms with van der Waals surface area (Å²) in [7, 11) is 0. The number of ether oxygens (including phenoxy) is 1. The Morgan fingerprint density at radius 2 is 1.00 bits per heavy atom. The molecular formula is C25H20O. The topological polar surface area (TPSA) is 9.23 Å². The molecule has 0 spiro atoms. The van der Waals surface area contributed by atoms with Crippen LogP contribution in [0.3, 0.4) is 0 Å². The minimum atomic E-state index is 0.561. The summed E-state index contributed by atoms with van der Waals surface area (Å²) >= 11 is 0. The fraction of sp³-hybridized carbons (Fsp3) is 0.0400. The van der Waals surface area contributed by atoms with Gasteiger partial charge in [-0.25, -0.2) is 0 Å². The molecule has 0 amide bonds. The first kappa shape index (κ1) is 16.2. The van der Waals surface area contributed by atoms with Crippen molar-refractivity contribution in [2.45, 2.75) is 6.61 Å². The van der Waals surface area contributed by atoms with Gasteiger partial charge >= 0.3 is 0 Å². The molecule has 0 fully saturated rings. The maximum Gasteiger partial charge on any atom is 0.119 e. The Balaban J connectivity index is 1.44. The number of rotatable bonds is 5. The van der Waals surface area contributed by atoms with Crippen molar-refractivity contribution < 1.29 is 4.74 Å². The standard InChI is InChI=1S/C25H20O/c1-3-9-21(10-4-1)23-14-16-25(17-15-23)26-19-20-8-7-13-24(18-20)22-11-5-2-6-12-22/h1-18H,19H2. The minimum absolute atomic E-state index is 0.561. The van der Waals surface area contributed by atoms with Crippen LogP contribution >= 0.6 is 0 Å². The molecule has 1 heteroatoms. The van der Waals surface area contributed by atoms with Crippen molar-refractivity contribution in [3.05, 3.63) is 115 Å². The molecule has 4 aromatic rings. The Morgan fingerprint density at radius 3 is 1.65 bits per heavy atom. The van der Waals surface area contributed by atoms with E-state index in [1.54, 1.807) is 0 Å². The predicted octanol–water partition coefficient (Wildman–Crippen LogP) is 6.60. The van der Waals surface area contributed by atoms with E-state index in [4.69, 9.17) is 4.74 Å². The van der Waals surface area contributed by atoms with E-state index in [9.17, 15) is 0 Å². The van der Waals surface area contributed by atoms with E-state index in [0.29, 0.717) is 6.61 Å². The summed E-state index contributed by atoms with van der Waals surface area (Å²) in [6.45, 7) is 0.561. The van der Waals surface area contributed by atoms with Crippen molar-refractivity contribution in [2.24, 2.45) is 0 Å². The van der Waals surface area contributed by atoms with Gasteiger partial charge < -0.3 is 4.74 Å². The van der Waals surface area contributed by atoms with Crippen molar-refractivity contribution in [3.63, 3.8) is 0 Å². The summed E-state index contributed by atoms with van der Waals surface area (Å²) < 4.78 is 5.97. The molecule has 1 nitrogen and oxygen atoms in total. The maximum absolute atomic E-state index is 5.97. The Hall–Kier alpha value is -3.32. The Kier molecular flexibility index (Phi) is 4.79. The number of hydrogen-bond acceptors (Lipinski definition) is 1. The van der Waals surface area contributed by atoms with Crippen molar-refractivity contribution in [2.75, 3.05) is 0 Å². The van der Waals surface area contributed by atoms with Gasteiger partial charge in [-0.3, -0.25) is 0 Å². The maximum atomic E-state index is 5.97. The molecule has 4 aromatic carbocycles. The lowest BCUT2D eigenvalue weighted by atomic mass is 10.0. The second-order valence-electron chi connectivity index (χ2n) is 6.25. The lowest BCUT2D eigenvalue weighted by molar-refractivity contribution is 0.306. The lowest BCUT2D eigenvalue weighted by Crippen LogP contribution is -1.95. The van der Waals surface area contributed by atoms with Crippen molar-refractivity contribution >= 4 is 0 Å². The minimum Gasteiger partial charge on any atom is -0.489 e. The zero-order chi connectivity index (χ0) is 17.6. The summed E-state index contributed by atoms with van der Waals surface area (Å²) in [4.78, 5) is 0. The molecule has 0 radical (unpaired) electrons. The molecule has 0 saturated heterocycles. The third-order valence-corrected chi connectivity index (χ3v) is 4.40. The van der Waals surface area contributed by atoms with Crippen molar-refractivity contribution in [3.8, 4) is 28.0 Å². The van der Waals surface area contributed by atoms with Crippen LogP contribution in [-0.4, -0.2) is 0 Å². The van der Waals surface area contributed by atoms with E-state index >= 15 is 0 Å². The van der Waals surface area contributed by atoms with E-state index in [-0.39, 0.29) is 0 Å². The average Bonchev–Trinajstić information content (AvgIpc) is 2.74. The highest BCUT2D eigenvalue weighted by Crippen LogP contribution is 2.24. The van der Waals surface area contributed by atoms with Gasteiger partial charge in [-0.1, -0.05) is 91.0 Å². The lowest BCUT2D eigenvalue weighted by Gasteiger charge is -2.09. The van der Waals surface area contributed by atoms with Crippen molar-refractivity contribution in [1.82, 2.24) is 0 Å². The third kappa shape index (κ3) is 3.84. The first-order valence-electron chi connectivity index (χ1n) is 8.81. The molecular weight excluding hydrogens is 316 g/mol. The number of hydrogen-bond donors (Lipinski definition) is 0. The number of benzene rings is 4. The van der Waals surface area contributed by atoms with Crippen LogP contribution in [0, 0.1) is 0 Å². The highest BCUT2D eigenvalue weighted by molar-refractivity contribution is 5.64. The molecule has 0 heterocycles. The summed E-state index contributed by atoms with van der Waals surface area (Å²) in [5, 5.41) is 0. The largest absolute Gasteiger partial charge is 0.489 e. The van der Waals surface area contributed by atoms with E-state index in [2.05, 4.69) is 84.9 Å². The summed E-state index contributed by atoms with van der Waals surface area (Å²) in [5.74, 6) is 0.884. The molecule has 0 saturated carbocycles. The predicted molar refractivity (Wildman–Crippen MR) is 108 cm³/mol. The second-order valence-corrected chi connectivity index (χ2v) is 6.25. The molecule has 26 heavy (non-hydrogen) atoms. The van der Waals surface area contributed by atoms with Crippen LogP contribution in [0.4, 0.5) is 0 Å². The zero-order valence-electron chi connectivity index (χ0n) is 14.5. The molecule has 0 unspecified atom stereocenters. The summed E-state index contributed by atoms with van der Waals surface area (Å²) in [6, 6.07) is 37.6. The molecule has 0 aliphatic rings. The monoisotopic (exact) mass is 336 g/mol. The zero-order valence-corrected chi connectivity index (χ0v) is 14.5. The highest BCUT2D eigenvalue weighted by atomic mass is 16.5. The average molecular weight is 336 g/mol. The smallest absolute Gasteiger partial charge is 0.119 e. The fourth-order valence-electron chi connectivity index (χ4n) is 3.01. The fourth-order valence-corrected chi connectivity index (χ4v) is 3.01. The first-order chi connectivity index (χ1) is 12.9. The van der Waals surface area contributed by atoms with Gasteiger partial charge in [0.1, 0.15) is 12.4 Å². The Labute approximate surface area is 154 Å². The van der Waals surface area contributed by atoms with Gasteiger partial charge in [-0.2, -0.15) is 0 Å². The molecule has 0 aliphatic carbocycles. The van der Waals surface area contributed by atoms with Crippen LogP contribution in [0.15, 0.2) is 109 Å².